The second-order valence-corrected chi connectivity index (χ2v) is 12.4. The van der Waals surface area contributed by atoms with Gasteiger partial charge in [-0.25, -0.2) is 8.42 Å². The molecule has 1 heterocycles. The zero-order chi connectivity index (χ0) is 29.5. The molecule has 1 aliphatic heterocycles. The quantitative estimate of drug-likeness (QED) is 0.240. The van der Waals surface area contributed by atoms with Crippen molar-refractivity contribution in [2.45, 2.75) is 37.3 Å². The van der Waals surface area contributed by atoms with Crippen LogP contribution in [0.25, 0.3) is 0 Å². The van der Waals surface area contributed by atoms with Crippen LogP contribution in [0.4, 0.5) is 5.69 Å². The van der Waals surface area contributed by atoms with Gasteiger partial charge in [0.05, 0.1) is 17.0 Å². The Morgan fingerprint density at radius 1 is 0.810 bits per heavy atom. The van der Waals surface area contributed by atoms with Crippen molar-refractivity contribution in [1.29, 1.82) is 0 Å². The number of rotatable bonds is 10. The summed E-state index contributed by atoms with van der Waals surface area (Å²) in [5.41, 5.74) is 3.36. The molecule has 0 spiro atoms. The lowest BCUT2D eigenvalue weighted by Gasteiger charge is -2.39. The highest BCUT2D eigenvalue weighted by atomic mass is 32.2. The zero-order valence-corrected chi connectivity index (χ0v) is 24.8. The van der Waals surface area contributed by atoms with Crippen LogP contribution in [0, 0.1) is 0 Å². The Kier molecular flexibility index (Phi) is 9.37. The Hall–Kier alpha value is -3.98. The highest BCUT2D eigenvalue weighted by molar-refractivity contribution is 7.89. The van der Waals surface area contributed by atoms with Gasteiger partial charge < -0.3 is 10.1 Å². The molecule has 1 atom stereocenters. The second-order valence-electron chi connectivity index (χ2n) is 10.5. The predicted octanol–water partition coefficient (Wildman–Crippen LogP) is 6.21. The first-order chi connectivity index (χ1) is 20.3. The Morgan fingerprint density at radius 2 is 1.40 bits per heavy atom. The number of hydrogen-bond acceptors (Lipinski definition) is 5. The van der Waals surface area contributed by atoms with E-state index in [2.05, 4.69) is 34.5 Å². The molecule has 1 N–H and O–H groups in total. The van der Waals surface area contributed by atoms with Gasteiger partial charge in [0.15, 0.2) is 0 Å². The topological polar surface area (TPSA) is 78.9 Å². The summed E-state index contributed by atoms with van der Waals surface area (Å²) in [5, 5.41) is 2.85. The second kappa shape index (κ2) is 13.3. The maximum absolute atomic E-state index is 13.5. The lowest BCUT2D eigenvalue weighted by atomic mass is 9.96. The SMILES string of the molecule is CCC(C)Oc1cccc(C(=O)Nc2ccc(S(=O)(=O)N3CCN(C(c4ccccc4)c4ccccc4)CC3)cc2)c1. The summed E-state index contributed by atoms with van der Waals surface area (Å²) in [4.78, 5) is 15.4. The minimum absolute atomic E-state index is 0.0509. The van der Waals surface area contributed by atoms with E-state index in [0.29, 0.717) is 43.2 Å². The molecule has 4 aromatic rings. The third-order valence-corrected chi connectivity index (χ3v) is 9.54. The number of amides is 1. The number of nitrogens with zero attached hydrogens (tertiary/aromatic N) is 2. The van der Waals surface area contributed by atoms with E-state index >= 15 is 0 Å². The molecule has 1 fully saturated rings. The van der Waals surface area contributed by atoms with E-state index in [1.807, 2.05) is 56.3 Å². The summed E-state index contributed by atoms with van der Waals surface area (Å²) in [7, 11) is -3.68. The maximum atomic E-state index is 13.5. The van der Waals surface area contributed by atoms with Crippen molar-refractivity contribution in [2.75, 3.05) is 31.5 Å². The van der Waals surface area contributed by atoms with Gasteiger partial charge in [0.2, 0.25) is 10.0 Å². The van der Waals surface area contributed by atoms with Crippen LogP contribution in [0.3, 0.4) is 0 Å². The molecular weight excluding hydrogens is 546 g/mol. The highest BCUT2D eigenvalue weighted by Crippen LogP contribution is 2.30. The van der Waals surface area contributed by atoms with Gasteiger partial charge in [-0.05, 0) is 66.9 Å². The number of hydrogen-bond donors (Lipinski definition) is 1. The Morgan fingerprint density at radius 3 is 1.98 bits per heavy atom. The third-order valence-electron chi connectivity index (χ3n) is 7.63. The molecule has 0 bridgehead atoms. The Balaban J connectivity index is 1.23. The largest absolute Gasteiger partial charge is 0.491 e. The van der Waals surface area contributed by atoms with Crippen molar-refractivity contribution >= 4 is 21.6 Å². The van der Waals surface area contributed by atoms with Crippen molar-refractivity contribution in [3.05, 3.63) is 126 Å². The van der Waals surface area contributed by atoms with Crippen LogP contribution in [-0.2, 0) is 10.0 Å². The molecule has 4 aromatic carbocycles. The molecule has 1 aliphatic rings. The number of carbonyl (C=O) groups excluding carboxylic acids is 1. The zero-order valence-electron chi connectivity index (χ0n) is 24.0. The monoisotopic (exact) mass is 583 g/mol. The standard InChI is InChI=1S/C34H37N3O4S/c1-3-26(2)41-31-16-10-15-29(25-31)34(38)35-30-17-19-32(20-18-30)42(39,40)37-23-21-36(22-24-37)33(27-11-6-4-7-12-27)28-13-8-5-9-14-28/h4-20,25-26,33H,3,21-24H2,1-2H3,(H,35,38). The van der Waals surface area contributed by atoms with Crippen molar-refractivity contribution in [3.8, 4) is 5.75 Å². The Labute approximate surface area is 248 Å². The van der Waals surface area contributed by atoms with Crippen molar-refractivity contribution < 1.29 is 17.9 Å². The van der Waals surface area contributed by atoms with Crippen LogP contribution in [0.5, 0.6) is 5.75 Å². The van der Waals surface area contributed by atoms with Gasteiger partial charge >= 0.3 is 0 Å². The van der Waals surface area contributed by atoms with Crippen LogP contribution in [0.1, 0.15) is 47.8 Å². The average molecular weight is 584 g/mol. The van der Waals surface area contributed by atoms with E-state index < -0.39 is 10.0 Å². The normalized spacial score (nSPS) is 15.3. The van der Waals surface area contributed by atoms with Crippen LogP contribution in [0.15, 0.2) is 114 Å². The first kappa shape index (κ1) is 29.5. The van der Waals surface area contributed by atoms with Crippen LogP contribution in [0.2, 0.25) is 0 Å². The van der Waals surface area contributed by atoms with E-state index in [1.165, 1.54) is 11.1 Å². The fourth-order valence-electron chi connectivity index (χ4n) is 5.18. The first-order valence-corrected chi connectivity index (χ1v) is 15.8. The van der Waals surface area contributed by atoms with Gasteiger partial charge in [-0.3, -0.25) is 9.69 Å². The number of anilines is 1. The van der Waals surface area contributed by atoms with Gasteiger partial charge in [0.25, 0.3) is 5.91 Å². The van der Waals surface area contributed by atoms with Gasteiger partial charge in [-0.1, -0.05) is 73.7 Å². The third kappa shape index (κ3) is 6.90. The van der Waals surface area contributed by atoms with Gasteiger partial charge in [0.1, 0.15) is 5.75 Å². The molecule has 1 saturated heterocycles. The van der Waals surface area contributed by atoms with Crippen molar-refractivity contribution in [3.63, 3.8) is 0 Å². The summed E-state index contributed by atoms with van der Waals surface area (Å²) >= 11 is 0. The summed E-state index contributed by atoms with van der Waals surface area (Å²) in [6.45, 7) is 6.04. The van der Waals surface area contributed by atoms with Gasteiger partial charge in [-0.2, -0.15) is 4.31 Å². The van der Waals surface area contributed by atoms with Crippen molar-refractivity contribution in [2.24, 2.45) is 0 Å². The van der Waals surface area contributed by atoms with Gasteiger partial charge in [0, 0.05) is 37.4 Å². The maximum Gasteiger partial charge on any atom is 0.255 e. The molecule has 42 heavy (non-hydrogen) atoms. The molecular formula is C34H37N3O4S. The average Bonchev–Trinajstić information content (AvgIpc) is 3.03. The highest BCUT2D eigenvalue weighted by Gasteiger charge is 2.32. The van der Waals surface area contributed by atoms with Gasteiger partial charge in [-0.15, -0.1) is 0 Å². The number of benzene rings is 4. The smallest absolute Gasteiger partial charge is 0.255 e. The van der Waals surface area contributed by atoms with Crippen LogP contribution in [-0.4, -0.2) is 55.8 Å². The number of ether oxygens (including phenoxy) is 1. The summed E-state index contributed by atoms with van der Waals surface area (Å²) < 4.78 is 34.4. The summed E-state index contributed by atoms with van der Waals surface area (Å²) in [6.07, 6.45) is 0.915. The minimum Gasteiger partial charge on any atom is -0.491 e. The van der Waals surface area contributed by atoms with Crippen LogP contribution >= 0.6 is 0 Å². The molecule has 0 aliphatic carbocycles. The fraction of sp³-hybridized carbons (Fsp3) is 0.265. The molecule has 0 radical (unpaired) electrons. The summed E-state index contributed by atoms with van der Waals surface area (Å²) in [5.74, 6) is 0.347. The molecule has 8 heteroatoms. The van der Waals surface area contributed by atoms with E-state index in [1.54, 1.807) is 46.8 Å². The first-order valence-electron chi connectivity index (χ1n) is 14.4. The van der Waals surface area contributed by atoms with Crippen molar-refractivity contribution in [1.82, 2.24) is 9.21 Å². The number of carbonyl (C=O) groups is 1. The lowest BCUT2D eigenvalue weighted by molar-refractivity contribution is 0.102. The Bertz CT molecular complexity index is 1530. The molecule has 218 valence electrons. The number of sulfonamides is 1. The fourth-order valence-corrected chi connectivity index (χ4v) is 6.60. The summed E-state index contributed by atoms with van der Waals surface area (Å²) in [6, 6.07) is 34.1. The molecule has 5 rings (SSSR count). The van der Waals surface area contributed by atoms with E-state index in [9.17, 15) is 13.2 Å². The number of piperazine rings is 1. The molecule has 1 amide bonds. The van der Waals surface area contributed by atoms with Crippen LogP contribution < -0.4 is 10.1 Å². The van der Waals surface area contributed by atoms with E-state index in [-0.39, 0.29) is 22.9 Å². The predicted molar refractivity (Wildman–Crippen MR) is 166 cm³/mol. The lowest BCUT2D eigenvalue weighted by Crippen LogP contribution is -2.49. The molecule has 0 saturated carbocycles. The van der Waals surface area contributed by atoms with E-state index in [4.69, 9.17) is 4.74 Å². The molecule has 1 unspecified atom stereocenters. The minimum atomic E-state index is -3.68. The molecule has 7 nitrogen and oxygen atoms in total. The number of nitrogens with one attached hydrogen (secondary N) is 1. The van der Waals surface area contributed by atoms with E-state index in [0.717, 1.165) is 6.42 Å². The molecule has 0 aromatic heterocycles.